The van der Waals surface area contributed by atoms with Crippen LogP contribution in [0.5, 0.6) is 0 Å². The van der Waals surface area contributed by atoms with Crippen molar-refractivity contribution in [2.75, 3.05) is 0 Å². The number of aromatic nitrogens is 5. The van der Waals surface area contributed by atoms with Crippen LogP contribution in [0.2, 0.25) is 0 Å². The average Bonchev–Trinajstić information content (AvgIpc) is 2.73. The second-order valence-electron chi connectivity index (χ2n) is 2.91. The average molecular weight is 191 g/mol. The number of aryl methyl sites for hydroxylation is 2. The van der Waals surface area contributed by atoms with E-state index >= 15 is 0 Å². The van der Waals surface area contributed by atoms with Crippen molar-refractivity contribution in [3.05, 3.63) is 29.8 Å². The maximum absolute atomic E-state index is 11.8. The topological polar surface area (TPSA) is 65.6 Å². The fourth-order valence-corrected chi connectivity index (χ4v) is 1.22. The predicted octanol–water partition coefficient (Wildman–Crippen LogP) is -0.220. The molecule has 0 fully saturated rings. The first-order valence-corrected chi connectivity index (χ1v) is 4.07. The molecule has 2 aromatic heterocycles. The summed E-state index contributed by atoms with van der Waals surface area (Å²) in [5, 5.41) is 11.3. The third kappa shape index (κ3) is 1.20. The molecule has 0 radical (unpaired) electrons. The van der Waals surface area contributed by atoms with Crippen LogP contribution in [-0.4, -0.2) is 30.6 Å². The van der Waals surface area contributed by atoms with Gasteiger partial charge in [0.25, 0.3) is 0 Å². The zero-order chi connectivity index (χ0) is 10.1. The third-order valence-corrected chi connectivity index (χ3v) is 2.00. The highest BCUT2D eigenvalue weighted by Gasteiger charge is 2.16. The lowest BCUT2D eigenvalue weighted by molar-refractivity contribution is 0.102. The zero-order valence-corrected chi connectivity index (χ0v) is 7.88. The van der Waals surface area contributed by atoms with E-state index in [2.05, 4.69) is 15.4 Å². The maximum atomic E-state index is 11.8. The fourth-order valence-electron chi connectivity index (χ4n) is 1.22. The maximum Gasteiger partial charge on any atom is 0.230 e. The summed E-state index contributed by atoms with van der Waals surface area (Å²) < 4.78 is 2.96. The molecule has 0 spiro atoms. The molecule has 2 aromatic rings. The highest BCUT2D eigenvalue weighted by Crippen LogP contribution is 2.05. The van der Waals surface area contributed by atoms with Crippen molar-refractivity contribution in [3.63, 3.8) is 0 Å². The van der Waals surface area contributed by atoms with Gasteiger partial charge in [-0.3, -0.25) is 9.48 Å². The Bertz CT molecular complexity index is 427. The molecule has 14 heavy (non-hydrogen) atoms. The molecule has 0 bridgehead atoms. The van der Waals surface area contributed by atoms with Crippen molar-refractivity contribution in [2.24, 2.45) is 14.1 Å². The van der Waals surface area contributed by atoms with Crippen LogP contribution in [0.25, 0.3) is 0 Å². The second kappa shape index (κ2) is 3.06. The van der Waals surface area contributed by atoms with Crippen molar-refractivity contribution < 1.29 is 4.79 Å². The standard InChI is InChI=1S/C8H9N5O/c1-12-6(3-4-10-12)8(14)7-5-9-11-13(7)2/h3-5H,1-2H3. The molecule has 6 heteroatoms. The molecule has 72 valence electrons. The number of ketones is 1. The summed E-state index contributed by atoms with van der Waals surface area (Å²) in [5.41, 5.74) is 0.976. The normalized spacial score (nSPS) is 10.4. The van der Waals surface area contributed by atoms with Crippen LogP contribution in [0, 0.1) is 0 Å². The van der Waals surface area contributed by atoms with E-state index in [4.69, 9.17) is 0 Å². The van der Waals surface area contributed by atoms with Gasteiger partial charge in [-0.25, -0.2) is 4.68 Å². The molecule has 2 heterocycles. The molecule has 0 aliphatic heterocycles. The van der Waals surface area contributed by atoms with E-state index < -0.39 is 0 Å². The smallest absolute Gasteiger partial charge is 0.230 e. The van der Waals surface area contributed by atoms with Crippen molar-refractivity contribution >= 4 is 5.78 Å². The summed E-state index contributed by atoms with van der Waals surface area (Å²) in [6.07, 6.45) is 3.02. The van der Waals surface area contributed by atoms with Gasteiger partial charge in [0.15, 0.2) is 0 Å². The molecule has 6 nitrogen and oxygen atoms in total. The van der Waals surface area contributed by atoms with E-state index in [1.165, 1.54) is 15.6 Å². The van der Waals surface area contributed by atoms with Gasteiger partial charge in [0, 0.05) is 20.3 Å². The number of carbonyl (C=O) groups is 1. The summed E-state index contributed by atoms with van der Waals surface area (Å²) >= 11 is 0. The lowest BCUT2D eigenvalue weighted by atomic mass is 10.2. The van der Waals surface area contributed by atoms with Crippen LogP contribution in [0.3, 0.4) is 0 Å². The van der Waals surface area contributed by atoms with Crippen LogP contribution < -0.4 is 0 Å². The van der Waals surface area contributed by atoms with E-state index in [0.29, 0.717) is 11.4 Å². The first-order chi connectivity index (χ1) is 6.70. The summed E-state index contributed by atoms with van der Waals surface area (Å²) in [5.74, 6) is -0.127. The quantitative estimate of drug-likeness (QED) is 0.615. The molecule has 0 saturated carbocycles. The summed E-state index contributed by atoms with van der Waals surface area (Å²) in [6, 6.07) is 1.66. The minimum absolute atomic E-state index is 0.127. The highest BCUT2D eigenvalue weighted by atomic mass is 16.1. The largest absolute Gasteiger partial charge is 0.285 e. The molecule has 2 rings (SSSR count). The van der Waals surface area contributed by atoms with Gasteiger partial charge in [-0.1, -0.05) is 5.21 Å². The van der Waals surface area contributed by atoms with E-state index in [-0.39, 0.29) is 5.78 Å². The lowest BCUT2D eigenvalue weighted by Crippen LogP contribution is -2.12. The third-order valence-electron chi connectivity index (χ3n) is 2.00. The van der Waals surface area contributed by atoms with Gasteiger partial charge >= 0.3 is 0 Å². The summed E-state index contributed by atoms with van der Waals surface area (Å²) in [6.45, 7) is 0. The van der Waals surface area contributed by atoms with Crippen molar-refractivity contribution in [2.45, 2.75) is 0 Å². The Kier molecular flexibility index (Phi) is 1.88. The number of carbonyl (C=O) groups excluding carboxylic acids is 1. The molecular weight excluding hydrogens is 182 g/mol. The first-order valence-electron chi connectivity index (χ1n) is 4.07. The summed E-state index contributed by atoms with van der Waals surface area (Å²) in [4.78, 5) is 11.8. The first kappa shape index (κ1) is 8.61. The molecule has 0 unspecified atom stereocenters. The molecule has 0 aliphatic carbocycles. The highest BCUT2D eigenvalue weighted by molar-refractivity contribution is 6.06. The number of hydrogen-bond donors (Lipinski definition) is 0. The van der Waals surface area contributed by atoms with Crippen LogP contribution >= 0.6 is 0 Å². The van der Waals surface area contributed by atoms with Crippen LogP contribution in [0.15, 0.2) is 18.5 Å². The van der Waals surface area contributed by atoms with Crippen LogP contribution in [0.1, 0.15) is 16.2 Å². The van der Waals surface area contributed by atoms with Gasteiger partial charge in [0.2, 0.25) is 5.78 Å². The van der Waals surface area contributed by atoms with Gasteiger partial charge in [0.1, 0.15) is 11.4 Å². The SMILES string of the molecule is Cn1nccc1C(=O)c1cnnn1C. The fraction of sp³-hybridized carbons (Fsp3) is 0.250. The summed E-state index contributed by atoms with van der Waals surface area (Å²) in [7, 11) is 3.40. The van der Waals surface area contributed by atoms with Gasteiger partial charge in [-0.05, 0) is 6.07 Å². The van der Waals surface area contributed by atoms with Crippen molar-refractivity contribution in [3.8, 4) is 0 Å². The number of nitrogens with zero attached hydrogens (tertiary/aromatic N) is 5. The van der Waals surface area contributed by atoms with E-state index in [1.54, 1.807) is 26.4 Å². The van der Waals surface area contributed by atoms with Gasteiger partial charge in [-0.2, -0.15) is 5.10 Å². The van der Waals surface area contributed by atoms with E-state index in [9.17, 15) is 4.79 Å². The lowest BCUT2D eigenvalue weighted by Gasteiger charge is -1.99. The van der Waals surface area contributed by atoms with E-state index in [0.717, 1.165) is 0 Å². The Morgan fingerprint density at radius 2 is 2.07 bits per heavy atom. The molecule has 0 aromatic carbocycles. The van der Waals surface area contributed by atoms with Crippen LogP contribution in [0.4, 0.5) is 0 Å². The molecule has 0 N–H and O–H groups in total. The predicted molar refractivity (Wildman–Crippen MR) is 47.6 cm³/mol. The van der Waals surface area contributed by atoms with Crippen molar-refractivity contribution in [1.29, 1.82) is 0 Å². The number of rotatable bonds is 2. The molecular formula is C8H9N5O. The minimum atomic E-state index is -0.127. The van der Waals surface area contributed by atoms with Gasteiger partial charge < -0.3 is 0 Å². The number of hydrogen-bond acceptors (Lipinski definition) is 4. The van der Waals surface area contributed by atoms with Crippen LogP contribution in [-0.2, 0) is 14.1 Å². The van der Waals surface area contributed by atoms with E-state index in [1.807, 2.05) is 0 Å². The van der Waals surface area contributed by atoms with Gasteiger partial charge in [-0.15, -0.1) is 5.10 Å². The van der Waals surface area contributed by atoms with Gasteiger partial charge in [0.05, 0.1) is 6.20 Å². The molecule has 0 atom stereocenters. The van der Waals surface area contributed by atoms with Crippen molar-refractivity contribution in [1.82, 2.24) is 24.8 Å². The Morgan fingerprint density at radius 3 is 2.57 bits per heavy atom. The monoisotopic (exact) mass is 191 g/mol. The Hall–Kier alpha value is -1.98. The second-order valence-corrected chi connectivity index (χ2v) is 2.91. The molecule has 0 aliphatic rings. The Morgan fingerprint density at radius 1 is 1.29 bits per heavy atom. The zero-order valence-electron chi connectivity index (χ0n) is 7.88. The molecule has 0 saturated heterocycles. The Balaban J connectivity index is 2.44. The Labute approximate surface area is 80.1 Å². The minimum Gasteiger partial charge on any atom is -0.285 e. The molecule has 0 amide bonds.